The van der Waals surface area contributed by atoms with Crippen LogP contribution >= 0.6 is 11.6 Å². The number of amides is 1. The number of carbonyl (C=O) groups excluding carboxylic acids is 1. The van der Waals surface area contributed by atoms with Crippen molar-refractivity contribution < 1.29 is 4.79 Å². The lowest BCUT2D eigenvalue weighted by Gasteiger charge is -2.35. The van der Waals surface area contributed by atoms with Crippen LogP contribution in [0.15, 0.2) is 24.5 Å². The molecule has 1 saturated heterocycles. The average Bonchev–Trinajstić information content (AvgIpc) is 2.95. The third-order valence-corrected chi connectivity index (χ3v) is 4.71. The van der Waals surface area contributed by atoms with Crippen molar-refractivity contribution in [2.24, 2.45) is 5.73 Å². The summed E-state index contributed by atoms with van der Waals surface area (Å²) in [6, 6.07) is 4.13. The number of halogens is 1. The highest BCUT2D eigenvalue weighted by molar-refractivity contribution is 6.30. The molecule has 24 heavy (non-hydrogen) atoms. The minimum Gasteiger partial charge on any atom is -0.354 e. The van der Waals surface area contributed by atoms with Gasteiger partial charge in [0.15, 0.2) is 0 Å². The third kappa shape index (κ3) is 4.26. The molecule has 130 valence electrons. The second-order valence-corrected chi connectivity index (χ2v) is 6.74. The number of nitrogens with two attached hydrogens (primary N) is 1. The van der Waals surface area contributed by atoms with E-state index in [1.807, 2.05) is 28.9 Å². The quantitative estimate of drug-likeness (QED) is 0.834. The number of aromatic nitrogens is 2. The molecule has 1 atom stereocenters. The Morgan fingerprint density at radius 3 is 3.08 bits per heavy atom. The maximum Gasteiger partial charge on any atom is 0.221 e. The summed E-state index contributed by atoms with van der Waals surface area (Å²) < 4.78 is 1.96. The van der Waals surface area contributed by atoms with Crippen LogP contribution in [0.4, 0.5) is 0 Å². The second-order valence-electron chi connectivity index (χ2n) is 6.31. The minimum atomic E-state index is 0.0328. The van der Waals surface area contributed by atoms with Crippen molar-refractivity contribution >= 4 is 23.2 Å². The van der Waals surface area contributed by atoms with Crippen molar-refractivity contribution in [2.45, 2.75) is 38.3 Å². The minimum absolute atomic E-state index is 0.0328. The van der Waals surface area contributed by atoms with Gasteiger partial charge in [0.05, 0.1) is 10.7 Å². The van der Waals surface area contributed by atoms with Crippen molar-refractivity contribution in [2.75, 3.05) is 19.6 Å². The van der Waals surface area contributed by atoms with Gasteiger partial charge in [0.1, 0.15) is 5.65 Å². The van der Waals surface area contributed by atoms with E-state index in [0.717, 1.165) is 30.9 Å². The fourth-order valence-electron chi connectivity index (χ4n) is 3.25. The van der Waals surface area contributed by atoms with Gasteiger partial charge in [-0.3, -0.25) is 9.69 Å². The molecule has 1 amide bonds. The first-order valence-corrected chi connectivity index (χ1v) is 8.87. The second kappa shape index (κ2) is 7.96. The summed E-state index contributed by atoms with van der Waals surface area (Å²) in [6.07, 6.45) is 7.77. The Balaban J connectivity index is 1.64. The van der Waals surface area contributed by atoms with E-state index >= 15 is 0 Å². The molecular formula is C17H24ClN5O. The molecule has 0 saturated carbocycles. The number of piperidine rings is 1. The van der Waals surface area contributed by atoms with Gasteiger partial charge in [0.25, 0.3) is 0 Å². The number of likely N-dealkylation sites (tertiary alicyclic amines) is 1. The maximum atomic E-state index is 11.7. The van der Waals surface area contributed by atoms with E-state index in [-0.39, 0.29) is 5.91 Å². The molecule has 2 aromatic rings. The molecule has 1 fully saturated rings. The van der Waals surface area contributed by atoms with Crippen LogP contribution in [0.1, 0.15) is 31.4 Å². The summed E-state index contributed by atoms with van der Waals surface area (Å²) in [5, 5.41) is 3.70. The van der Waals surface area contributed by atoms with Gasteiger partial charge in [-0.05, 0) is 31.5 Å². The fourth-order valence-corrected chi connectivity index (χ4v) is 3.42. The Morgan fingerprint density at radius 2 is 2.25 bits per heavy atom. The number of nitrogens with one attached hydrogen (secondary N) is 1. The number of carbonyl (C=O) groups is 1. The molecule has 3 N–H and O–H groups in total. The zero-order chi connectivity index (χ0) is 16.9. The first-order valence-electron chi connectivity index (χ1n) is 8.49. The summed E-state index contributed by atoms with van der Waals surface area (Å²) in [7, 11) is 0. The molecule has 6 nitrogen and oxygen atoms in total. The topological polar surface area (TPSA) is 75.7 Å². The van der Waals surface area contributed by atoms with Gasteiger partial charge in [-0.2, -0.15) is 0 Å². The number of hydrogen-bond acceptors (Lipinski definition) is 4. The van der Waals surface area contributed by atoms with E-state index in [0.29, 0.717) is 30.6 Å². The van der Waals surface area contributed by atoms with Crippen molar-refractivity contribution in [3.05, 3.63) is 35.2 Å². The molecule has 3 rings (SSSR count). The summed E-state index contributed by atoms with van der Waals surface area (Å²) in [6.45, 7) is 2.89. The highest BCUT2D eigenvalue weighted by Crippen LogP contribution is 2.20. The fraction of sp³-hybridized carbons (Fsp3) is 0.529. The Bertz CT molecular complexity index is 701. The first kappa shape index (κ1) is 17.2. The lowest BCUT2D eigenvalue weighted by Crippen LogP contribution is -2.46. The van der Waals surface area contributed by atoms with Gasteiger partial charge in [-0.25, -0.2) is 4.98 Å². The standard InChI is InChI=1S/C17H24ClN5O/c18-13-4-5-16-21-14(12-23(16)10-13)11-22-8-2-1-3-15(22)9-20-17(24)6-7-19/h4-5,10,12,15H,1-3,6-9,11,19H2,(H,20,24). The maximum absolute atomic E-state index is 11.7. The lowest BCUT2D eigenvalue weighted by atomic mass is 10.0. The first-order chi connectivity index (χ1) is 11.7. The molecular weight excluding hydrogens is 326 g/mol. The van der Waals surface area contributed by atoms with Gasteiger partial charge < -0.3 is 15.5 Å². The molecule has 0 bridgehead atoms. The van der Waals surface area contributed by atoms with Crippen LogP contribution in [0.5, 0.6) is 0 Å². The number of nitrogens with zero attached hydrogens (tertiary/aromatic N) is 3. The zero-order valence-electron chi connectivity index (χ0n) is 13.7. The highest BCUT2D eigenvalue weighted by atomic mass is 35.5. The van der Waals surface area contributed by atoms with Crippen LogP contribution in [-0.2, 0) is 11.3 Å². The van der Waals surface area contributed by atoms with E-state index in [4.69, 9.17) is 17.3 Å². The number of imidazole rings is 1. The van der Waals surface area contributed by atoms with E-state index in [9.17, 15) is 4.79 Å². The predicted molar refractivity (Wildman–Crippen MR) is 94.9 cm³/mol. The van der Waals surface area contributed by atoms with Crippen LogP contribution in [0.2, 0.25) is 5.02 Å². The van der Waals surface area contributed by atoms with Crippen LogP contribution < -0.4 is 11.1 Å². The molecule has 0 radical (unpaired) electrons. The molecule has 1 aliphatic heterocycles. The lowest BCUT2D eigenvalue weighted by molar-refractivity contribution is -0.121. The van der Waals surface area contributed by atoms with Gasteiger partial charge in [-0.15, -0.1) is 0 Å². The van der Waals surface area contributed by atoms with E-state index in [1.165, 1.54) is 12.8 Å². The van der Waals surface area contributed by atoms with Crippen molar-refractivity contribution in [3.63, 3.8) is 0 Å². The molecule has 1 unspecified atom stereocenters. The molecule has 2 aromatic heterocycles. The molecule has 0 aromatic carbocycles. The molecule has 7 heteroatoms. The van der Waals surface area contributed by atoms with Gasteiger partial charge >= 0.3 is 0 Å². The summed E-state index contributed by atoms with van der Waals surface area (Å²) in [5.41, 5.74) is 7.35. The van der Waals surface area contributed by atoms with Gasteiger partial charge in [-0.1, -0.05) is 18.0 Å². The Labute approximate surface area is 147 Å². The summed E-state index contributed by atoms with van der Waals surface area (Å²) in [4.78, 5) is 18.7. The number of pyridine rings is 1. The summed E-state index contributed by atoms with van der Waals surface area (Å²) in [5.74, 6) is 0.0328. The van der Waals surface area contributed by atoms with Crippen LogP contribution in [-0.4, -0.2) is 45.9 Å². The molecule has 1 aliphatic rings. The van der Waals surface area contributed by atoms with Gasteiger partial charge in [0, 0.05) is 44.5 Å². The molecule has 3 heterocycles. The molecule has 0 aliphatic carbocycles. The van der Waals surface area contributed by atoms with E-state index in [1.54, 1.807) is 0 Å². The number of hydrogen-bond donors (Lipinski definition) is 2. The molecule has 0 spiro atoms. The van der Waals surface area contributed by atoms with Gasteiger partial charge in [0.2, 0.25) is 5.91 Å². The summed E-state index contributed by atoms with van der Waals surface area (Å²) >= 11 is 6.03. The zero-order valence-corrected chi connectivity index (χ0v) is 14.5. The third-order valence-electron chi connectivity index (χ3n) is 4.49. The van der Waals surface area contributed by atoms with Crippen molar-refractivity contribution in [3.8, 4) is 0 Å². The van der Waals surface area contributed by atoms with Crippen LogP contribution in [0, 0.1) is 0 Å². The monoisotopic (exact) mass is 349 g/mol. The Kier molecular flexibility index (Phi) is 5.71. The number of fused-ring (bicyclic) bond motifs is 1. The van der Waals surface area contributed by atoms with Crippen LogP contribution in [0.25, 0.3) is 5.65 Å². The Morgan fingerprint density at radius 1 is 1.38 bits per heavy atom. The highest BCUT2D eigenvalue weighted by Gasteiger charge is 2.23. The largest absolute Gasteiger partial charge is 0.354 e. The van der Waals surface area contributed by atoms with E-state index in [2.05, 4.69) is 15.2 Å². The SMILES string of the molecule is NCCC(=O)NCC1CCCCN1Cc1cn2cc(Cl)ccc2n1. The predicted octanol–water partition coefficient (Wildman–Crippen LogP) is 1.81. The van der Waals surface area contributed by atoms with Crippen LogP contribution in [0.3, 0.4) is 0 Å². The smallest absolute Gasteiger partial charge is 0.221 e. The van der Waals surface area contributed by atoms with Crippen molar-refractivity contribution in [1.82, 2.24) is 19.6 Å². The number of rotatable bonds is 6. The Hall–Kier alpha value is -1.63. The van der Waals surface area contributed by atoms with Crippen molar-refractivity contribution in [1.29, 1.82) is 0 Å². The normalized spacial score (nSPS) is 18.8. The van der Waals surface area contributed by atoms with E-state index < -0.39 is 0 Å². The average molecular weight is 350 g/mol.